The normalized spacial score (nSPS) is 12.0. The summed E-state index contributed by atoms with van der Waals surface area (Å²) in [5, 5.41) is 11.2. The number of nitrogens with one attached hydrogen (secondary N) is 1. The molecule has 1 aromatic heterocycles. The van der Waals surface area contributed by atoms with Crippen LogP contribution in [0.4, 0.5) is 0 Å². The van der Waals surface area contributed by atoms with Gasteiger partial charge >= 0.3 is 0 Å². The smallest absolute Gasteiger partial charge is 0.219 e. The lowest BCUT2D eigenvalue weighted by molar-refractivity contribution is 0.0179. The highest BCUT2D eigenvalue weighted by molar-refractivity contribution is 4.88. The van der Waals surface area contributed by atoms with Crippen LogP contribution in [0.1, 0.15) is 32.6 Å². The Morgan fingerprint density at radius 1 is 1.31 bits per heavy atom. The van der Waals surface area contributed by atoms with Crippen molar-refractivity contribution >= 4 is 0 Å². The Balaban J connectivity index is 2.45. The minimum Gasteiger partial charge on any atom is -0.425 e. The Morgan fingerprint density at radius 3 is 2.62 bits per heavy atom. The molecule has 0 aliphatic heterocycles. The number of hydrogen-bond acceptors (Lipinski definition) is 5. The minimum atomic E-state index is -0.258. The quantitative estimate of drug-likeness (QED) is 0.709. The molecule has 0 unspecified atom stereocenters. The molecule has 0 saturated carbocycles. The first-order valence-corrected chi connectivity index (χ1v) is 5.64. The van der Waals surface area contributed by atoms with E-state index in [1.165, 1.54) is 0 Å². The van der Waals surface area contributed by atoms with Crippen LogP contribution in [0.15, 0.2) is 4.42 Å². The fourth-order valence-corrected chi connectivity index (χ4v) is 1.27. The minimum absolute atomic E-state index is 0.258. The van der Waals surface area contributed by atoms with E-state index in [-0.39, 0.29) is 5.60 Å². The van der Waals surface area contributed by atoms with Gasteiger partial charge in [0.25, 0.3) is 0 Å². The van der Waals surface area contributed by atoms with Crippen molar-refractivity contribution < 1.29 is 9.15 Å². The molecular weight excluding hydrogens is 206 g/mol. The first kappa shape index (κ1) is 13.1. The van der Waals surface area contributed by atoms with Crippen molar-refractivity contribution in [2.45, 2.75) is 39.2 Å². The van der Waals surface area contributed by atoms with Gasteiger partial charge < -0.3 is 14.5 Å². The highest BCUT2D eigenvalue weighted by atomic mass is 16.5. The average molecular weight is 227 g/mol. The SMILES string of the molecule is CCNCCc1nnc(CC(C)(C)OC)o1. The molecule has 5 heteroatoms. The van der Waals surface area contributed by atoms with E-state index in [4.69, 9.17) is 9.15 Å². The van der Waals surface area contributed by atoms with Gasteiger partial charge in [0, 0.05) is 20.1 Å². The van der Waals surface area contributed by atoms with Crippen molar-refractivity contribution in [3.8, 4) is 0 Å². The van der Waals surface area contributed by atoms with Crippen LogP contribution in [-0.2, 0) is 17.6 Å². The first-order chi connectivity index (χ1) is 7.57. The van der Waals surface area contributed by atoms with Gasteiger partial charge in [0.2, 0.25) is 11.8 Å². The molecule has 0 aliphatic rings. The van der Waals surface area contributed by atoms with Crippen LogP contribution in [0.3, 0.4) is 0 Å². The topological polar surface area (TPSA) is 60.2 Å². The van der Waals surface area contributed by atoms with Gasteiger partial charge in [-0.15, -0.1) is 10.2 Å². The molecule has 0 aromatic carbocycles. The fraction of sp³-hybridized carbons (Fsp3) is 0.818. The van der Waals surface area contributed by atoms with E-state index in [1.807, 2.05) is 13.8 Å². The predicted molar refractivity (Wildman–Crippen MR) is 61.3 cm³/mol. The van der Waals surface area contributed by atoms with E-state index in [2.05, 4.69) is 22.4 Å². The molecule has 0 amide bonds. The van der Waals surface area contributed by atoms with Crippen molar-refractivity contribution in [2.75, 3.05) is 20.2 Å². The number of methoxy groups -OCH3 is 1. The van der Waals surface area contributed by atoms with E-state index in [1.54, 1.807) is 7.11 Å². The molecule has 92 valence electrons. The van der Waals surface area contributed by atoms with Crippen LogP contribution in [0.25, 0.3) is 0 Å². The maximum absolute atomic E-state index is 5.53. The Bertz CT molecular complexity index is 310. The third kappa shape index (κ3) is 4.28. The van der Waals surface area contributed by atoms with Crippen molar-refractivity contribution in [1.29, 1.82) is 0 Å². The largest absolute Gasteiger partial charge is 0.425 e. The molecule has 16 heavy (non-hydrogen) atoms. The first-order valence-electron chi connectivity index (χ1n) is 5.64. The van der Waals surface area contributed by atoms with Crippen LogP contribution < -0.4 is 5.32 Å². The zero-order chi connectivity index (χ0) is 12.0. The second kappa shape index (κ2) is 5.96. The van der Waals surface area contributed by atoms with Crippen LogP contribution in [0, 0.1) is 0 Å². The molecule has 5 nitrogen and oxygen atoms in total. The third-order valence-electron chi connectivity index (χ3n) is 2.40. The molecular formula is C11H21N3O2. The van der Waals surface area contributed by atoms with Gasteiger partial charge in [0.05, 0.1) is 12.0 Å². The summed E-state index contributed by atoms with van der Waals surface area (Å²) < 4.78 is 10.8. The fourth-order valence-electron chi connectivity index (χ4n) is 1.27. The van der Waals surface area contributed by atoms with E-state index in [0.29, 0.717) is 18.2 Å². The van der Waals surface area contributed by atoms with Crippen molar-refractivity contribution in [3.63, 3.8) is 0 Å². The van der Waals surface area contributed by atoms with Gasteiger partial charge in [0.1, 0.15) is 0 Å². The average Bonchev–Trinajstić information content (AvgIpc) is 2.65. The van der Waals surface area contributed by atoms with Gasteiger partial charge in [-0.2, -0.15) is 0 Å². The molecule has 0 aliphatic carbocycles. The molecule has 0 atom stereocenters. The van der Waals surface area contributed by atoms with Crippen LogP contribution >= 0.6 is 0 Å². The molecule has 0 radical (unpaired) electrons. The lowest BCUT2D eigenvalue weighted by Crippen LogP contribution is -2.25. The highest BCUT2D eigenvalue weighted by Crippen LogP contribution is 2.14. The Hall–Kier alpha value is -0.940. The molecule has 0 bridgehead atoms. The van der Waals surface area contributed by atoms with Crippen molar-refractivity contribution in [2.24, 2.45) is 0 Å². The molecule has 1 rings (SSSR count). The number of aromatic nitrogens is 2. The summed E-state index contributed by atoms with van der Waals surface area (Å²) in [6, 6.07) is 0. The maximum atomic E-state index is 5.53. The lowest BCUT2D eigenvalue weighted by atomic mass is 10.1. The van der Waals surface area contributed by atoms with E-state index < -0.39 is 0 Å². The summed E-state index contributed by atoms with van der Waals surface area (Å²) in [4.78, 5) is 0. The third-order valence-corrected chi connectivity index (χ3v) is 2.40. The second-order valence-corrected chi connectivity index (χ2v) is 4.33. The van der Waals surface area contributed by atoms with Crippen molar-refractivity contribution in [3.05, 3.63) is 11.8 Å². The highest BCUT2D eigenvalue weighted by Gasteiger charge is 2.20. The number of ether oxygens (including phenoxy) is 1. The van der Waals surface area contributed by atoms with Gasteiger partial charge in [-0.3, -0.25) is 0 Å². The number of rotatable bonds is 7. The van der Waals surface area contributed by atoms with Crippen molar-refractivity contribution in [1.82, 2.24) is 15.5 Å². The second-order valence-electron chi connectivity index (χ2n) is 4.33. The van der Waals surface area contributed by atoms with Crippen LogP contribution in [0.5, 0.6) is 0 Å². The maximum Gasteiger partial charge on any atom is 0.219 e. The zero-order valence-electron chi connectivity index (χ0n) is 10.5. The van der Waals surface area contributed by atoms with Gasteiger partial charge in [-0.25, -0.2) is 0 Å². The monoisotopic (exact) mass is 227 g/mol. The van der Waals surface area contributed by atoms with E-state index in [9.17, 15) is 0 Å². The lowest BCUT2D eigenvalue weighted by Gasteiger charge is -2.20. The number of nitrogens with zero attached hydrogens (tertiary/aromatic N) is 2. The summed E-state index contributed by atoms with van der Waals surface area (Å²) in [5.41, 5.74) is -0.258. The summed E-state index contributed by atoms with van der Waals surface area (Å²) in [6.45, 7) is 7.88. The standard InChI is InChI=1S/C11H21N3O2/c1-5-12-7-6-9-13-14-10(16-9)8-11(2,3)15-4/h12H,5-8H2,1-4H3. The van der Waals surface area contributed by atoms with E-state index in [0.717, 1.165) is 19.5 Å². The van der Waals surface area contributed by atoms with Crippen LogP contribution in [-0.4, -0.2) is 36.0 Å². The summed E-state index contributed by atoms with van der Waals surface area (Å²) in [5.74, 6) is 1.32. The molecule has 1 aromatic rings. The molecule has 0 saturated heterocycles. The Kier molecular flexibility index (Phi) is 4.89. The molecule has 1 heterocycles. The predicted octanol–water partition coefficient (Wildman–Crippen LogP) is 1.19. The van der Waals surface area contributed by atoms with Gasteiger partial charge in [0.15, 0.2) is 0 Å². The molecule has 0 fully saturated rings. The van der Waals surface area contributed by atoms with Gasteiger partial charge in [-0.1, -0.05) is 6.92 Å². The summed E-state index contributed by atoms with van der Waals surface area (Å²) in [6.07, 6.45) is 1.41. The number of hydrogen-bond donors (Lipinski definition) is 1. The number of likely N-dealkylation sites (N-methyl/N-ethyl adjacent to an activating group) is 1. The van der Waals surface area contributed by atoms with E-state index >= 15 is 0 Å². The molecule has 1 N–H and O–H groups in total. The summed E-state index contributed by atoms with van der Waals surface area (Å²) >= 11 is 0. The van der Waals surface area contributed by atoms with Gasteiger partial charge in [-0.05, 0) is 20.4 Å². The molecule has 0 spiro atoms. The van der Waals surface area contributed by atoms with Crippen LogP contribution in [0.2, 0.25) is 0 Å². The Morgan fingerprint density at radius 2 is 2.00 bits per heavy atom. The zero-order valence-corrected chi connectivity index (χ0v) is 10.5. The Labute approximate surface area is 96.6 Å². The summed E-state index contributed by atoms with van der Waals surface area (Å²) in [7, 11) is 1.68.